The van der Waals surface area contributed by atoms with E-state index in [1.807, 2.05) is 36.4 Å². The molecule has 0 radical (unpaired) electrons. The van der Waals surface area contributed by atoms with Crippen LogP contribution in [0.5, 0.6) is 11.5 Å². The van der Waals surface area contributed by atoms with Crippen molar-refractivity contribution < 1.29 is 9.47 Å². The molecule has 2 aromatic rings. The molecule has 2 aromatic carbocycles. The highest BCUT2D eigenvalue weighted by atomic mass is 16.5. The molecule has 0 aliphatic carbocycles. The van der Waals surface area contributed by atoms with Crippen molar-refractivity contribution in [2.45, 2.75) is 19.8 Å². The Morgan fingerprint density at radius 1 is 0.762 bits per heavy atom. The maximum absolute atomic E-state index is 5.65. The zero-order valence-corrected chi connectivity index (χ0v) is 12.5. The van der Waals surface area contributed by atoms with Crippen molar-refractivity contribution in [3.63, 3.8) is 0 Å². The van der Waals surface area contributed by atoms with E-state index in [2.05, 4.69) is 19.1 Å². The van der Waals surface area contributed by atoms with Gasteiger partial charge in [0, 0.05) is 0 Å². The van der Waals surface area contributed by atoms with Crippen LogP contribution in [0, 0.1) is 0 Å². The molecule has 0 aromatic heterocycles. The summed E-state index contributed by atoms with van der Waals surface area (Å²) >= 11 is 0. The predicted molar refractivity (Wildman–Crippen MR) is 86.0 cm³/mol. The van der Waals surface area contributed by atoms with Crippen molar-refractivity contribution in [1.82, 2.24) is 0 Å². The second kappa shape index (κ2) is 8.32. The Bertz CT molecular complexity index is 520. The van der Waals surface area contributed by atoms with Crippen LogP contribution in [0.15, 0.2) is 48.5 Å². The van der Waals surface area contributed by atoms with Crippen molar-refractivity contribution in [2.24, 2.45) is 5.73 Å². The molecule has 0 heterocycles. The Labute approximate surface area is 126 Å². The van der Waals surface area contributed by atoms with E-state index in [4.69, 9.17) is 15.2 Å². The summed E-state index contributed by atoms with van der Waals surface area (Å²) in [6.45, 7) is 3.88. The monoisotopic (exact) mass is 285 g/mol. The third kappa shape index (κ3) is 5.12. The highest BCUT2D eigenvalue weighted by molar-refractivity contribution is 5.28. The lowest BCUT2D eigenvalue weighted by Crippen LogP contribution is -2.09. The Morgan fingerprint density at radius 3 is 1.67 bits per heavy atom. The van der Waals surface area contributed by atoms with E-state index in [9.17, 15) is 0 Å². The van der Waals surface area contributed by atoms with Crippen LogP contribution in [0.3, 0.4) is 0 Å². The normalized spacial score (nSPS) is 10.4. The quantitative estimate of drug-likeness (QED) is 0.757. The molecule has 0 saturated carbocycles. The number of hydrogen-bond acceptors (Lipinski definition) is 3. The van der Waals surface area contributed by atoms with E-state index in [0.29, 0.717) is 19.8 Å². The van der Waals surface area contributed by atoms with Gasteiger partial charge in [-0.2, -0.15) is 0 Å². The molecule has 3 nitrogen and oxygen atoms in total. The molecule has 0 fully saturated rings. The molecule has 2 N–H and O–H groups in total. The standard InChI is InChI=1S/C18H23NO2/c1-2-15-3-7-17(8-4-15)20-13-14-21-18-9-5-16(6-10-18)11-12-19/h3-10H,2,11-14,19H2,1H3. The number of ether oxygens (including phenoxy) is 2. The first kappa shape index (κ1) is 15.4. The maximum Gasteiger partial charge on any atom is 0.122 e. The molecule has 21 heavy (non-hydrogen) atoms. The lowest BCUT2D eigenvalue weighted by Gasteiger charge is -2.09. The third-order valence-corrected chi connectivity index (χ3v) is 3.31. The van der Waals surface area contributed by atoms with Gasteiger partial charge in [0.2, 0.25) is 0 Å². The molecule has 0 spiro atoms. The van der Waals surface area contributed by atoms with Gasteiger partial charge in [-0.15, -0.1) is 0 Å². The Kier molecular flexibility index (Phi) is 6.10. The second-order valence-corrected chi connectivity index (χ2v) is 4.88. The van der Waals surface area contributed by atoms with E-state index in [1.54, 1.807) is 0 Å². The Hall–Kier alpha value is -2.00. The van der Waals surface area contributed by atoms with Gasteiger partial charge < -0.3 is 15.2 Å². The van der Waals surface area contributed by atoms with Gasteiger partial charge in [-0.25, -0.2) is 0 Å². The van der Waals surface area contributed by atoms with Gasteiger partial charge in [0.15, 0.2) is 0 Å². The summed E-state index contributed by atoms with van der Waals surface area (Å²) in [7, 11) is 0. The van der Waals surface area contributed by atoms with E-state index in [0.717, 1.165) is 24.3 Å². The van der Waals surface area contributed by atoms with Crippen molar-refractivity contribution in [1.29, 1.82) is 0 Å². The van der Waals surface area contributed by atoms with E-state index >= 15 is 0 Å². The average molecular weight is 285 g/mol. The molecular formula is C18H23NO2. The van der Waals surface area contributed by atoms with Crippen LogP contribution >= 0.6 is 0 Å². The lowest BCUT2D eigenvalue weighted by molar-refractivity contribution is 0.217. The maximum atomic E-state index is 5.65. The highest BCUT2D eigenvalue weighted by Gasteiger charge is 1.97. The van der Waals surface area contributed by atoms with Crippen LogP contribution in [0.25, 0.3) is 0 Å². The first-order valence-corrected chi connectivity index (χ1v) is 7.45. The molecule has 0 aliphatic heterocycles. The summed E-state index contributed by atoms with van der Waals surface area (Å²) in [4.78, 5) is 0. The number of hydrogen-bond donors (Lipinski definition) is 1. The molecule has 2 rings (SSSR count). The van der Waals surface area contributed by atoms with Gasteiger partial charge >= 0.3 is 0 Å². The van der Waals surface area contributed by atoms with Gasteiger partial charge in [-0.1, -0.05) is 31.2 Å². The summed E-state index contributed by atoms with van der Waals surface area (Å²) in [6.07, 6.45) is 1.95. The Morgan fingerprint density at radius 2 is 1.24 bits per heavy atom. The van der Waals surface area contributed by atoms with Gasteiger partial charge in [0.25, 0.3) is 0 Å². The minimum absolute atomic E-state index is 0.533. The molecule has 0 atom stereocenters. The van der Waals surface area contributed by atoms with Crippen LogP contribution in [0.2, 0.25) is 0 Å². The molecule has 3 heteroatoms. The fraction of sp³-hybridized carbons (Fsp3) is 0.333. The van der Waals surface area contributed by atoms with Crippen LogP contribution in [-0.2, 0) is 12.8 Å². The predicted octanol–water partition coefficient (Wildman–Crippen LogP) is 3.21. The van der Waals surface area contributed by atoms with Crippen LogP contribution in [-0.4, -0.2) is 19.8 Å². The summed E-state index contributed by atoms with van der Waals surface area (Å²) in [6, 6.07) is 16.2. The molecule has 0 amide bonds. The number of rotatable bonds is 8. The van der Waals surface area contributed by atoms with E-state index in [1.165, 1.54) is 11.1 Å². The van der Waals surface area contributed by atoms with Gasteiger partial charge in [0.05, 0.1) is 0 Å². The van der Waals surface area contributed by atoms with E-state index in [-0.39, 0.29) is 0 Å². The first-order valence-electron chi connectivity index (χ1n) is 7.45. The van der Waals surface area contributed by atoms with Gasteiger partial charge in [0.1, 0.15) is 24.7 Å². The van der Waals surface area contributed by atoms with Crippen molar-refractivity contribution in [3.05, 3.63) is 59.7 Å². The summed E-state index contributed by atoms with van der Waals surface area (Å²) in [5, 5.41) is 0. The molecular weight excluding hydrogens is 262 g/mol. The zero-order valence-electron chi connectivity index (χ0n) is 12.5. The summed E-state index contributed by atoms with van der Waals surface area (Å²) < 4.78 is 11.3. The summed E-state index contributed by atoms with van der Waals surface area (Å²) in [5.74, 6) is 1.75. The summed E-state index contributed by atoms with van der Waals surface area (Å²) in [5.41, 5.74) is 8.07. The molecule has 112 valence electrons. The molecule has 0 unspecified atom stereocenters. The van der Waals surface area contributed by atoms with Crippen LogP contribution in [0.1, 0.15) is 18.1 Å². The topological polar surface area (TPSA) is 44.5 Å². The van der Waals surface area contributed by atoms with E-state index < -0.39 is 0 Å². The fourth-order valence-corrected chi connectivity index (χ4v) is 2.06. The lowest BCUT2D eigenvalue weighted by atomic mass is 10.1. The molecule has 0 bridgehead atoms. The highest BCUT2D eigenvalue weighted by Crippen LogP contribution is 2.14. The Balaban J connectivity index is 1.71. The zero-order chi connectivity index (χ0) is 14.9. The SMILES string of the molecule is CCc1ccc(OCCOc2ccc(CCN)cc2)cc1. The number of benzene rings is 2. The van der Waals surface area contributed by atoms with Crippen LogP contribution in [0.4, 0.5) is 0 Å². The van der Waals surface area contributed by atoms with Gasteiger partial charge in [-0.3, -0.25) is 0 Å². The van der Waals surface area contributed by atoms with Crippen molar-refractivity contribution >= 4 is 0 Å². The minimum atomic E-state index is 0.533. The van der Waals surface area contributed by atoms with Crippen molar-refractivity contribution in [3.8, 4) is 11.5 Å². The molecule has 0 aliphatic rings. The first-order chi connectivity index (χ1) is 10.3. The van der Waals surface area contributed by atoms with Crippen LogP contribution < -0.4 is 15.2 Å². The molecule has 0 saturated heterocycles. The smallest absolute Gasteiger partial charge is 0.122 e. The fourth-order valence-electron chi connectivity index (χ4n) is 2.06. The third-order valence-electron chi connectivity index (χ3n) is 3.31. The average Bonchev–Trinajstić information content (AvgIpc) is 2.54. The largest absolute Gasteiger partial charge is 0.490 e. The van der Waals surface area contributed by atoms with Crippen molar-refractivity contribution in [2.75, 3.05) is 19.8 Å². The minimum Gasteiger partial charge on any atom is -0.490 e. The second-order valence-electron chi connectivity index (χ2n) is 4.88. The van der Waals surface area contributed by atoms with Gasteiger partial charge in [-0.05, 0) is 54.8 Å². The number of aryl methyl sites for hydroxylation is 1. The number of nitrogens with two attached hydrogens (primary N) is 1.